The number of hydrogen-bond acceptors (Lipinski definition) is 3. The summed E-state index contributed by atoms with van der Waals surface area (Å²) in [6, 6.07) is 5.32. The van der Waals surface area contributed by atoms with Gasteiger partial charge >= 0.3 is 0 Å². The van der Waals surface area contributed by atoms with E-state index in [9.17, 15) is 0 Å². The first kappa shape index (κ1) is 12.1. The van der Waals surface area contributed by atoms with Crippen molar-refractivity contribution in [2.24, 2.45) is 0 Å². The summed E-state index contributed by atoms with van der Waals surface area (Å²) < 4.78 is 10.6. The van der Waals surface area contributed by atoms with Crippen LogP contribution in [0.5, 0.6) is 5.75 Å². The van der Waals surface area contributed by atoms with Gasteiger partial charge in [-0.2, -0.15) is 0 Å². The van der Waals surface area contributed by atoms with Crippen LogP contribution in [0.2, 0.25) is 5.02 Å². The highest BCUT2D eigenvalue weighted by atomic mass is 35.5. The third-order valence-corrected chi connectivity index (χ3v) is 2.34. The summed E-state index contributed by atoms with van der Waals surface area (Å²) in [6.07, 6.45) is 0.841. The number of halogens is 1. The van der Waals surface area contributed by atoms with Crippen LogP contribution in [-0.2, 0) is 4.74 Å². The largest absolute Gasteiger partial charge is 0.487 e. The Balaban J connectivity index is 2.63. The van der Waals surface area contributed by atoms with Crippen molar-refractivity contribution in [3.63, 3.8) is 0 Å². The third-order valence-electron chi connectivity index (χ3n) is 2.04. The maximum atomic E-state index is 5.97. The Morgan fingerprint density at radius 3 is 2.80 bits per heavy atom. The molecule has 84 valence electrons. The average molecular weight is 230 g/mol. The predicted molar refractivity (Wildman–Crippen MR) is 62.4 cm³/mol. The van der Waals surface area contributed by atoms with Gasteiger partial charge in [-0.25, -0.2) is 0 Å². The lowest BCUT2D eigenvalue weighted by Gasteiger charge is -2.16. The molecule has 0 aromatic heterocycles. The van der Waals surface area contributed by atoms with E-state index in [1.165, 1.54) is 0 Å². The number of ether oxygens (including phenoxy) is 2. The first-order chi connectivity index (χ1) is 7.15. The number of benzene rings is 1. The van der Waals surface area contributed by atoms with Gasteiger partial charge in [-0.05, 0) is 19.1 Å². The molecule has 0 aliphatic heterocycles. The molecule has 0 spiro atoms. The molecule has 1 atom stereocenters. The van der Waals surface area contributed by atoms with E-state index in [1.54, 1.807) is 25.3 Å². The number of nitrogen functional groups attached to an aromatic ring is 1. The molecule has 0 heterocycles. The van der Waals surface area contributed by atoms with E-state index in [-0.39, 0.29) is 6.10 Å². The SMILES string of the molecule is COCCC(C)Oc1c(N)cccc1Cl. The number of rotatable bonds is 5. The van der Waals surface area contributed by atoms with Crippen molar-refractivity contribution in [1.29, 1.82) is 0 Å². The van der Waals surface area contributed by atoms with E-state index < -0.39 is 0 Å². The molecule has 4 heteroatoms. The Labute approximate surface area is 95.1 Å². The molecule has 0 saturated heterocycles. The van der Waals surface area contributed by atoms with Crippen LogP contribution in [0.1, 0.15) is 13.3 Å². The minimum absolute atomic E-state index is 0.0344. The van der Waals surface area contributed by atoms with Crippen LogP contribution in [0.15, 0.2) is 18.2 Å². The lowest BCUT2D eigenvalue weighted by atomic mass is 10.2. The topological polar surface area (TPSA) is 44.5 Å². The van der Waals surface area contributed by atoms with Crippen molar-refractivity contribution in [2.75, 3.05) is 19.5 Å². The fourth-order valence-electron chi connectivity index (χ4n) is 1.19. The second kappa shape index (κ2) is 5.83. The number of methoxy groups -OCH3 is 1. The molecule has 15 heavy (non-hydrogen) atoms. The lowest BCUT2D eigenvalue weighted by molar-refractivity contribution is 0.136. The Morgan fingerprint density at radius 2 is 2.20 bits per heavy atom. The Hall–Kier alpha value is -0.930. The number of hydrogen-bond donors (Lipinski definition) is 1. The highest BCUT2D eigenvalue weighted by Gasteiger charge is 2.09. The normalized spacial score (nSPS) is 12.5. The van der Waals surface area contributed by atoms with E-state index >= 15 is 0 Å². The van der Waals surface area contributed by atoms with Gasteiger partial charge in [-0.3, -0.25) is 0 Å². The highest BCUT2D eigenvalue weighted by Crippen LogP contribution is 2.31. The van der Waals surface area contributed by atoms with Gasteiger partial charge in [0.15, 0.2) is 5.75 Å². The van der Waals surface area contributed by atoms with Crippen molar-refractivity contribution in [3.8, 4) is 5.75 Å². The molecule has 1 unspecified atom stereocenters. The third kappa shape index (κ3) is 3.61. The minimum atomic E-state index is 0.0344. The lowest BCUT2D eigenvalue weighted by Crippen LogP contribution is -2.15. The molecular weight excluding hydrogens is 214 g/mol. The monoisotopic (exact) mass is 229 g/mol. The zero-order valence-corrected chi connectivity index (χ0v) is 9.75. The van der Waals surface area contributed by atoms with Crippen LogP contribution in [0, 0.1) is 0 Å². The van der Waals surface area contributed by atoms with Gasteiger partial charge in [0.05, 0.1) is 16.8 Å². The quantitative estimate of drug-likeness (QED) is 0.790. The first-order valence-electron chi connectivity index (χ1n) is 4.84. The molecule has 0 amide bonds. The van der Waals surface area contributed by atoms with E-state index in [1.807, 2.05) is 6.92 Å². The number of anilines is 1. The summed E-state index contributed by atoms with van der Waals surface area (Å²) in [5.74, 6) is 0.558. The van der Waals surface area contributed by atoms with Gasteiger partial charge in [0.25, 0.3) is 0 Å². The fraction of sp³-hybridized carbons (Fsp3) is 0.455. The smallest absolute Gasteiger partial charge is 0.161 e. The van der Waals surface area contributed by atoms with E-state index in [2.05, 4.69) is 0 Å². The van der Waals surface area contributed by atoms with Gasteiger partial charge in [0.2, 0.25) is 0 Å². The minimum Gasteiger partial charge on any atom is -0.487 e. The molecule has 1 aromatic rings. The standard InChI is InChI=1S/C11H16ClNO2/c1-8(6-7-14-2)15-11-9(12)4-3-5-10(11)13/h3-5,8H,6-7,13H2,1-2H3. The average Bonchev–Trinajstić information content (AvgIpc) is 2.21. The number of nitrogens with two attached hydrogens (primary N) is 1. The molecule has 1 aromatic carbocycles. The highest BCUT2D eigenvalue weighted by molar-refractivity contribution is 6.32. The fourth-order valence-corrected chi connectivity index (χ4v) is 1.42. The van der Waals surface area contributed by atoms with Crippen LogP contribution in [0.4, 0.5) is 5.69 Å². The summed E-state index contributed by atoms with van der Waals surface area (Å²) >= 11 is 5.97. The first-order valence-corrected chi connectivity index (χ1v) is 5.22. The zero-order valence-electron chi connectivity index (χ0n) is 9.00. The van der Waals surface area contributed by atoms with Crippen LogP contribution >= 0.6 is 11.6 Å². The van der Waals surface area contributed by atoms with Crippen molar-refractivity contribution in [2.45, 2.75) is 19.4 Å². The van der Waals surface area contributed by atoms with Gasteiger partial charge in [0, 0.05) is 20.1 Å². The molecule has 0 fully saturated rings. The summed E-state index contributed by atoms with van der Waals surface area (Å²) in [7, 11) is 1.66. The van der Waals surface area contributed by atoms with Crippen LogP contribution in [0.25, 0.3) is 0 Å². The number of para-hydroxylation sites is 1. The zero-order chi connectivity index (χ0) is 11.3. The molecule has 0 saturated carbocycles. The van der Waals surface area contributed by atoms with Gasteiger partial charge in [0.1, 0.15) is 0 Å². The van der Waals surface area contributed by atoms with Crippen molar-refractivity contribution in [1.82, 2.24) is 0 Å². The van der Waals surface area contributed by atoms with Crippen LogP contribution in [0.3, 0.4) is 0 Å². The van der Waals surface area contributed by atoms with E-state index in [4.69, 9.17) is 26.8 Å². The molecule has 0 radical (unpaired) electrons. The molecule has 2 N–H and O–H groups in total. The maximum Gasteiger partial charge on any atom is 0.161 e. The summed E-state index contributed by atoms with van der Waals surface area (Å²) in [4.78, 5) is 0. The molecule has 1 rings (SSSR count). The van der Waals surface area contributed by atoms with Gasteiger partial charge < -0.3 is 15.2 Å². The predicted octanol–water partition coefficient (Wildman–Crippen LogP) is 2.73. The Morgan fingerprint density at radius 1 is 1.47 bits per heavy atom. The second-order valence-electron chi connectivity index (χ2n) is 3.37. The van der Waals surface area contributed by atoms with Crippen molar-refractivity contribution in [3.05, 3.63) is 23.2 Å². The molecule has 3 nitrogen and oxygen atoms in total. The summed E-state index contributed by atoms with van der Waals surface area (Å²) in [6.45, 7) is 2.62. The summed E-state index contributed by atoms with van der Waals surface area (Å²) in [5, 5.41) is 0.541. The van der Waals surface area contributed by atoms with Gasteiger partial charge in [-0.15, -0.1) is 0 Å². The van der Waals surface area contributed by atoms with E-state index in [0.29, 0.717) is 23.1 Å². The Kier molecular flexibility index (Phi) is 4.72. The second-order valence-corrected chi connectivity index (χ2v) is 3.78. The van der Waals surface area contributed by atoms with Crippen molar-refractivity contribution < 1.29 is 9.47 Å². The van der Waals surface area contributed by atoms with Crippen LogP contribution < -0.4 is 10.5 Å². The maximum absolute atomic E-state index is 5.97. The van der Waals surface area contributed by atoms with Gasteiger partial charge in [-0.1, -0.05) is 17.7 Å². The molecular formula is C11H16ClNO2. The summed E-state index contributed by atoms with van der Waals surface area (Å²) in [5.41, 5.74) is 6.32. The molecule has 0 aliphatic rings. The van der Waals surface area contributed by atoms with Crippen LogP contribution in [-0.4, -0.2) is 19.8 Å². The Bertz CT molecular complexity index is 297. The molecule has 0 aliphatic carbocycles. The molecule has 0 bridgehead atoms. The van der Waals surface area contributed by atoms with Crippen molar-refractivity contribution >= 4 is 17.3 Å². The van der Waals surface area contributed by atoms with E-state index in [0.717, 1.165) is 6.42 Å².